The van der Waals surface area contributed by atoms with Crippen molar-refractivity contribution < 1.29 is 42.9 Å². The molecule has 2 heterocycles. The first-order valence-corrected chi connectivity index (χ1v) is 19.9. The zero-order chi connectivity index (χ0) is 45.0. The number of hydrogen-bond acceptors (Lipinski definition) is 9. The van der Waals surface area contributed by atoms with Gasteiger partial charge in [0.05, 0.1) is 0 Å². The van der Waals surface area contributed by atoms with E-state index in [0.29, 0.717) is 43.9 Å². The van der Waals surface area contributed by atoms with Crippen molar-refractivity contribution in [1.82, 2.24) is 20.0 Å². The minimum atomic E-state index is -0.859. The van der Waals surface area contributed by atoms with Crippen molar-refractivity contribution in [2.24, 2.45) is 9.98 Å². The average Bonchev–Trinajstić information content (AvgIpc) is 3.50. The van der Waals surface area contributed by atoms with Gasteiger partial charge >= 0.3 is 24.4 Å². The van der Waals surface area contributed by atoms with Crippen molar-refractivity contribution in [1.29, 1.82) is 0 Å². The van der Waals surface area contributed by atoms with Gasteiger partial charge in [-0.3, -0.25) is 15.0 Å². The predicted molar refractivity (Wildman–Crippen MR) is 230 cm³/mol. The van der Waals surface area contributed by atoms with Gasteiger partial charge in [0.25, 0.3) is 5.91 Å². The highest BCUT2D eigenvalue weighted by Crippen LogP contribution is 2.29. The van der Waals surface area contributed by atoms with Gasteiger partial charge in [-0.05, 0) is 142 Å². The summed E-state index contributed by atoms with van der Waals surface area (Å²) in [4.78, 5) is 77.8. The number of aryl methyl sites for hydroxylation is 1. The predicted octanol–water partition coefficient (Wildman–Crippen LogP) is 8.63. The largest absolute Gasteiger partial charge is 0.444 e. The maximum Gasteiger partial charge on any atom is 0.437 e. The number of alkyl carbamates (subject to hydrolysis) is 1. The van der Waals surface area contributed by atoms with E-state index < -0.39 is 46.8 Å². The second kappa shape index (κ2) is 18.1. The summed E-state index contributed by atoms with van der Waals surface area (Å²) in [5, 5.41) is 5.61. The van der Waals surface area contributed by atoms with Crippen LogP contribution in [0.4, 0.5) is 24.9 Å². The molecule has 0 fully saturated rings. The Hall–Kier alpha value is -5.93. The van der Waals surface area contributed by atoms with Crippen LogP contribution in [0.3, 0.4) is 0 Å². The molecule has 2 N–H and O–H groups in total. The quantitative estimate of drug-likeness (QED) is 0.172. The zero-order valence-electron chi connectivity index (χ0n) is 37.5. The molecule has 0 saturated carbocycles. The molecule has 60 heavy (non-hydrogen) atoms. The van der Waals surface area contributed by atoms with Crippen LogP contribution in [-0.4, -0.2) is 99.4 Å². The molecule has 0 atom stereocenters. The van der Waals surface area contributed by atoms with Gasteiger partial charge in [-0.15, -0.1) is 9.98 Å². The lowest BCUT2D eigenvalue weighted by Gasteiger charge is -2.34. The second-order valence-corrected chi connectivity index (χ2v) is 18.7. The number of ether oxygens (including phenoxy) is 4. The first-order chi connectivity index (χ1) is 27.6. The van der Waals surface area contributed by atoms with Crippen LogP contribution < -0.4 is 10.6 Å². The summed E-state index contributed by atoms with van der Waals surface area (Å²) in [6.07, 6.45) is -0.518. The Morgan fingerprint density at radius 3 is 1.83 bits per heavy atom. The van der Waals surface area contributed by atoms with Gasteiger partial charge in [-0.1, -0.05) is 24.3 Å². The minimum absolute atomic E-state index is 0.0145. The molecule has 16 nitrogen and oxygen atoms in total. The third kappa shape index (κ3) is 14.1. The number of carbonyl (C=O) groups is 5. The fourth-order valence-corrected chi connectivity index (χ4v) is 6.13. The fraction of sp³-hybridized carbons (Fsp3) is 0.523. The SMILES string of the molecule is Cc1cc(C2=CCN(/C(=N\C(=O)OC(C)(C)C)N(C)C(=O)OC(C)(C)C)CC2)ccc1C(=O)Nc1ccc2c(c1)CN(/C(=N\C(=O)OC(C)(C)C)NC(=O)OC(C)(C)C)C2. The number of anilines is 1. The molecule has 2 aromatic rings. The molecule has 2 aliphatic heterocycles. The summed E-state index contributed by atoms with van der Waals surface area (Å²) in [6.45, 7) is 24.2. The lowest BCUT2D eigenvalue weighted by Crippen LogP contribution is -2.48. The highest BCUT2D eigenvalue weighted by Gasteiger charge is 2.31. The summed E-state index contributed by atoms with van der Waals surface area (Å²) in [6, 6.07) is 11.2. The summed E-state index contributed by atoms with van der Waals surface area (Å²) in [5.74, 6) is -0.188. The van der Waals surface area contributed by atoms with Crippen LogP contribution in [-0.2, 0) is 32.0 Å². The summed E-state index contributed by atoms with van der Waals surface area (Å²) < 4.78 is 21.8. The first kappa shape index (κ1) is 46.8. The van der Waals surface area contributed by atoms with Crippen molar-refractivity contribution in [3.63, 3.8) is 0 Å². The Bertz CT molecular complexity index is 2080. The third-order valence-corrected chi connectivity index (χ3v) is 8.58. The monoisotopic (exact) mass is 831 g/mol. The fourth-order valence-electron chi connectivity index (χ4n) is 6.13. The van der Waals surface area contributed by atoms with E-state index >= 15 is 0 Å². The number of fused-ring (bicyclic) bond motifs is 1. The number of guanidine groups is 2. The highest BCUT2D eigenvalue weighted by molar-refractivity contribution is 6.06. The highest BCUT2D eigenvalue weighted by atomic mass is 16.6. The van der Waals surface area contributed by atoms with Crippen molar-refractivity contribution in [2.75, 3.05) is 25.5 Å². The van der Waals surface area contributed by atoms with Crippen molar-refractivity contribution in [3.05, 3.63) is 70.3 Å². The third-order valence-electron chi connectivity index (χ3n) is 8.58. The normalized spacial score (nSPS) is 15.1. The van der Waals surface area contributed by atoms with Crippen LogP contribution >= 0.6 is 0 Å². The van der Waals surface area contributed by atoms with Crippen LogP contribution in [0, 0.1) is 6.92 Å². The molecule has 0 bridgehead atoms. The molecule has 326 valence electrons. The van der Waals surface area contributed by atoms with E-state index in [1.165, 1.54) is 11.9 Å². The molecule has 16 heteroatoms. The van der Waals surface area contributed by atoms with E-state index in [1.54, 1.807) is 100 Å². The molecule has 2 aromatic carbocycles. The van der Waals surface area contributed by atoms with E-state index in [0.717, 1.165) is 27.8 Å². The lowest BCUT2D eigenvalue weighted by atomic mass is 9.95. The van der Waals surface area contributed by atoms with Crippen LogP contribution in [0.15, 0.2) is 52.5 Å². The van der Waals surface area contributed by atoms with Crippen molar-refractivity contribution in [3.8, 4) is 0 Å². The first-order valence-electron chi connectivity index (χ1n) is 19.9. The lowest BCUT2D eigenvalue weighted by molar-refractivity contribution is 0.0380. The molecule has 0 aliphatic carbocycles. The van der Waals surface area contributed by atoms with E-state index in [-0.39, 0.29) is 17.8 Å². The molecule has 2 aliphatic rings. The molecule has 0 spiro atoms. The number of nitrogens with one attached hydrogen (secondary N) is 2. The van der Waals surface area contributed by atoms with Gasteiger partial charge in [0.2, 0.25) is 11.9 Å². The number of carbonyl (C=O) groups excluding carboxylic acids is 5. The Balaban J connectivity index is 1.47. The van der Waals surface area contributed by atoms with Crippen molar-refractivity contribution >= 4 is 53.5 Å². The number of benzene rings is 2. The summed E-state index contributed by atoms with van der Waals surface area (Å²) in [5.41, 5.74) is 2.53. The van der Waals surface area contributed by atoms with E-state index in [2.05, 4.69) is 20.6 Å². The van der Waals surface area contributed by atoms with Crippen molar-refractivity contribution in [2.45, 2.75) is 132 Å². The number of nitrogens with zero attached hydrogens (tertiary/aromatic N) is 5. The Morgan fingerprint density at radius 2 is 1.28 bits per heavy atom. The van der Waals surface area contributed by atoms with Crippen LogP contribution in [0.2, 0.25) is 0 Å². The van der Waals surface area contributed by atoms with Gasteiger partial charge < -0.3 is 34.1 Å². The molecule has 0 unspecified atom stereocenters. The topological polar surface area (TPSA) is 181 Å². The molecule has 4 rings (SSSR count). The maximum absolute atomic E-state index is 13.6. The van der Waals surface area contributed by atoms with Crippen LogP contribution in [0.25, 0.3) is 5.57 Å². The van der Waals surface area contributed by atoms with Gasteiger partial charge in [-0.25, -0.2) is 19.2 Å². The number of hydrogen-bond donors (Lipinski definition) is 2. The van der Waals surface area contributed by atoms with Gasteiger partial charge in [-0.2, -0.15) is 0 Å². The average molecular weight is 832 g/mol. The molecular weight excluding hydrogens is 771 g/mol. The number of amides is 5. The van der Waals surface area contributed by atoms with Crippen LogP contribution in [0.5, 0.6) is 0 Å². The Morgan fingerprint density at radius 1 is 0.700 bits per heavy atom. The molecular formula is C44H61N7O9. The molecule has 5 amide bonds. The second-order valence-electron chi connectivity index (χ2n) is 18.7. The number of aliphatic imine (C=N–C) groups is 2. The number of rotatable bonds is 3. The molecule has 0 radical (unpaired) electrons. The smallest absolute Gasteiger partial charge is 0.437 e. The van der Waals surface area contributed by atoms with Crippen LogP contribution in [0.1, 0.15) is 122 Å². The van der Waals surface area contributed by atoms with Gasteiger partial charge in [0, 0.05) is 44.5 Å². The maximum atomic E-state index is 13.6. The minimum Gasteiger partial charge on any atom is -0.444 e. The Kier molecular flexibility index (Phi) is 14.1. The molecule has 0 saturated heterocycles. The van der Waals surface area contributed by atoms with Gasteiger partial charge in [0.15, 0.2) is 0 Å². The summed E-state index contributed by atoms with van der Waals surface area (Å²) in [7, 11) is 1.51. The van der Waals surface area contributed by atoms with E-state index in [9.17, 15) is 24.0 Å². The van der Waals surface area contributed by atoms with E-state index in [1.807, 2.05) is 42.2 Å². The van der Waals surface area contributed by atoms with Gasteiger partial charge in [0.1, 0.15) is 22.4 Å². The van der Waals surface area contributed by atoms with E-state index in [4.69, 9.17) is 18.9 Å². The molecule has 0 aromatic heterocycles. The standard InChI is InChI=1S/C44H61N7O9/c1-27-23-29(28-19-21-50(22-20-28)36(48-39(55)59-43(8,9)10)49(14)40(56)60-44(11,12)13)16-18-33(27)34(52)45-32-17-15-30-25-51(26-31(30)24-32)35(46-37(53)57-41(2,3)4)47-38(54)58-42(5,6)7/h15-19,23-24H,20-22,25-26H2,1-14H3,(H,45,52)(H,46,47,53,54)/b48-36-. The Labute approximate surface area is 353 Å². The zero-order valence-corrected chi connectivity index (χ0v) is 37.5. The summed E-state index contributed by atoms with van der Waals surface area (Å²) >= 11 is 0.